The predicted octanol–water partition coefficient (Wildman–Crippen LogP) is 1.96. The summed E-state index contributed by atoms with van der Waals surface area (Å²) in [5, 5.41) is 0. The van der Waals surface area contributed by atoms with Gasteiger partial charge in [0.15, 0.2) is 0 Å². The highest BCUT2D eigenvalue weighted by Crippen LogP contribution is 2.04. The molecule has 2 aliphatic rings. The monoisotopic (exact) mass is 288 g/mol. The largest absolute Gasteiger partial charge is 0.327 e. The summed E-state index contributed by atoms with van der Waals surface area (Å²) in [6.45, 7) is 15.2. The minimum Gasteiger partial charge on any atom is -0.327 e. The average Bonchev–Trinajstić information content (AvgIpc) is 2.47. The van der Waals surface area contributed by atoms with Crippen LogP contribution in [0.2, 0.25) is 0 Å². The third-order valence-electron chi connectivity index (χ3n) is 3.39. The van der Waals surface area contributed by atoms with Gasteiger partial charge in [-0.15, -0.1) is 0 Å². The highest BCUT2D eigenvalue weighted by molar-refractivity contribution is 4.71. The van der Waals surface area contributed by atoms with Crippen molar-refractivity contribution in [3.05, 3.63) is 0 Å². The second kappa shape index (κ2) is 15.2. The molecule has 0 aromatic carbocycles. The van der Waals surface area contributed by atoms with Crippen LogP contribution in [0.1, 0.15) is 40.5 Å². The molecule has 0 aliphatic carbocycles. The molecule has 0 spiro atoms. The molecule has 0 aromatic rings. The molecule has 2 fully saturated rings. The Morgan fingerprint density at radius 3 is 1.35 bits per heavy atom. The van der Waals surface area contributed by atoms with Crippen molar-refractivity contribution in [2.24, 2.45) is 5.73 Å². The van der Waals surface area contributed by atoms with Crippen LogP contribution in [0.5, 0.6) is 0 Å². The smallest absolute Gasteiger partial charge is 0.0168 e. The van der Waals surface area contributed by atoms with Crippen molar-refractivity contribution < 1.29 is 0 Å². The number of likely N-dealkylation sites (N-methyl/N-ethyl adjacent to an activating group) is 3. The average molecular weight is 289 g/mol. The first kappa shape index (κ1) is 22.1. The summed E-state index contributed by atoms with van der Waals surface area (Å²) in [7, 11) is 6.47. The highest BCUT2D eigenvalue weighted by atomic mass is 15.2. The SMILES string of the molecule is CC.CC.CN1CCCC(N)C1.CN1CCN(C)CC1. The first-order valence-electron chi connectivity index (χ1n) is 8.39. The van der Waals surface area contributed by atoms with Gasteiger partial charge in [-0.05, 0) is 40.5 Å². The minimum atomic E-state index is 0.439. The Balaban J connectivity index is 0. The number of hydrogen-bond acceptors (Lipinski definition) is 4. The van der Waals surface area contributed by atoms with Gasteiger partial charge in [0, 0.05) is 38.8 Å². The number of nitrogens with zero attached hydrogens (tertiary/aromatic N) is 3. The molecule has 2 heterocycles. The van der Waals surface area contributed by atoms with Crippen LogP contribution in [0.3, 0.4) is 0 Å². The maximum absolute atomic E-state index is 5.68. The Bertz CT molecular complexity index is 161. The van der Waals surface area contributed by atoms with Crippen molar-refractivity contribution in [2.75, 3.05) is 60.4 Å². The van der Waals surface area contributed by atoms with Crippen LogP contribution >= 0.6 is 0 Å². The van der Waals surface area contributed by atoms with Crippen LogP contribution < -0.4 is 5.73 Å². The van der Waals surface area contributed by atoms with Gasteiger partial charge in [0.05, 0.1) is 0 Å². The maximum Gasteiger partial charge on any atom is 0.0168 e. The third kappa shape index (κ3) is 12.9. The molecule has 4 nitrogen and oxygen atoms in total. The van der Waals surface area contributed by atoms with Gasteiger partial charge in [-0.25, -0.2) is 0 Å². The van der Waals surface area contributed by atoms with E-state index >= 15 is 0 Å². The molecule has 0 saturated carbocycles. The fourth-order valence-corrected chi connectivity index (χ4v) is 2.11. The van der Waals surface area contributed by atoms with E-state index < -0.39 is 0 Å². The number of nitrogens with two attached hydrogens (primary N) is 1. The number of hydrogen-bond donors (Lipinski definition) is 1. The van der Waals surface area contributed by atoms with Crippen LogP contribution in [0.15, 0.2) is 0 Å². The number of rotatable bonds is 0. The molecule has 0 amide bonds. The second-order valence-corrected chi connectivity index (χ2v) is 5.27. The fraction of sp³-hybridized carbons (Fsp3) is 1.00. The summed E-state index contributed by atoms with van der Waals surface area (Å²) in [5.41, 5.74) is 5.68. The van der Waals surface area contributed by atoms with Crippen molar-refractivity contribution >= 4 is 0 Å². The van der Waals surface area contributed by atoms with E-state index in [-0.39, 0.29) is 0 Å². The Kier molecular flexibility index (Phi) is 16.9. The Morgan fingerprint density at radius 1 is 0.700 bits per heavy atom. The quantitative estimate of drug-likeness (QED) is 0.739. The Morgan fingerprint density at radius 2 is 1.10 bits per heavy atom. The van der Waals surface area contributed by atoms with E-state index in [4.69, 9.17) is 5.73 Å². The van der Waals surface area contributed by atoms with E-state index in [1.54, 1.807) is 0 Å². The third-order valence-corrected chi connectivity index (χ3v) is 3.39. The van der Waals surface area contributed by atoms with Gasteiger partial charge < -0.3 is 20.4 Å². The Labute approximate surface area is 128 Å². The standard InChI is InChI=1S/2C6H14N2.2C2H6/c1-7-3-5-8(2)6-4-7;1-8-4-2-3-6(7)5-8;2*1-2/h3-6H2,1-2H3;6H,2-5,7H2,1H3;2*1-2H3. The molecule has 2 N–H and O–H groups in total. The molecule has 20 heavy (non-hydrogen) atoms. The summed E-state index contributed by atoms with van der Waals surface area (Å²) < 4.78 is 0. The molecule has 1 unspecified atom stereocenters. The van der Waals surface area contributed by atoms with Gasteiger partial charge in [-0.2, -0.15) is 0 Å². The zero-order valence-corrected chi connectivity index (χ0v) is 15.2. The zero-order chi connectivity index (χ0) is 16.0. The minimum absolute atomic E-state index is 0.439. The van der Waals surface area contributed by atoms with Crippen molar-refractivity contribution in [3.8, 4) is 0 Å². The van der Waals surface area contributed by atoms with Crippen LogP contribution in [0.4, 0.5) is 0 Å². The Hall–Kier alpha value is -0.160. The summed E-state index contributed by atoms with van der Waals surface area (Å²) in [6.07, 6.45) is 2.49. The van der Waals surface area contributed by atoms with Gasteiger partial charge >= 0.3 is 0 Å². The van der Waals surface area contributed by atoms with Crippen LogP contribution in [0, 0.1) is 0 Å². The first-order chi connectivity index (χ1) is 9.58. The fourth-order valence-electron chi connectivity index (χ4n) is 2.11. The molecule has 0 radical (unpaired) electrons. The second-order valence-electron chi connectivity index (χ2n) is 5.27. The van der Waals surface area contributed by atoms with Crippen molar-refractivity contribution in [2.45, 2.75) is 46.6 Å². The molecule has 4 heteroatoms. The summed E-state index contributed by atoms with van der Waals surface area (Å²) in [5.74, 6) is 0. The number of likely N-dealkylation sites (tertiary alicyclic amines) is 1. The van der Waals surface area contributed by atoms with Crippen molar-refractivity contribution in [1.29, 1.82) is 0 Å². The summed E-state index contributed by atoms with van der Waals surface area (Å²) in [6, 6.07) is 0.439. The van der Waals surface area contributed by atoms with E-state index in [1.807, 2.05) is 27.7 Å². The molecule has 0 aromatic heterocycles. The molecule has 2 saturated heterocycles. The predicted molar refractivity (Wildman–Crippen MR) is 92.4 cm³/mol. The van der Waals surface area contributed by atoms with E-state index in [2.05, 4.69) is 35.8 Å². The summed E-state index contributed by atoms with van der Waals surface area (Å²) in [4.78, 5) is 7.01. The van der Waals surface area contributed by atoms with E-state index in [0.29, 0.717) is 6.04 Å². The molecule has 124 valence electrons. The van der Waals surface area contributed by atoms with E-state index in [0.717, 1.165) is 6.54 Å². The molecular formula is C16H40N4. The van der Waals surface area contributed by atoms with Crippen LogP contribution in [-0.2, 0) is 0 Å². The highest BCUT2D eigenvalue weighted by Gasteiger charge is 2.11. The normalized spacial score (nSPS) is 24.3. The maximum atomic E-state index is 5.68. The lowest BCUT2D eigenvalue weighted by atomic mass is 10.1. The van der Waals surface area contributed by atoms with Gasteiger partial charge in [0.2, 0.25) is 0 Å². The van der Waals surface area contributed by atoms with E-state index in [1.165, 1.54) is 45.6 Å². The molecule has 2 aliphatic heterocycles. The summed E-state index contributed by atoms with van der Waals surface area (Å²) >= 11 is 0. The van der Waals surface area contributed by atoms with Crippen molar-refractivity contribution in [3.63, 3.8) is 0 Å². The van der Waals surface area contributed by atoms with E-state index in [9.17, 15) is 0 Å². The molecule has 0 bridgehead atoms. The van der Waals surface area contributed by atoms with Crippen LogP contribution in [-0.4, -0.2) is 81.2 Å². The molecule has 1 atom stereocenters. The lowest BCUT2D eigenvalue weighted by Crippen LogP contribution is -2.42. The lowest BCUT2D eigenvalue weighted by Gasteiger charge is -2.28. The number of piperazine rings is 1. The van der Waals surface area contributed by atoms with Gasteiger partial charge in [0.1, 0.15) is 0 Å². The van der Waals surface area contributed by atoms with Crippen molar-refractivity contribution in [1.82, 2.24) is 14.7 Å². The number of piperidine rings is 1. The topological polar surface area (TPSA) is 35.7 Å². The van der Waals surface area contributed by atoms with Gasteiger partial charge in [0.25, 0.3) is 0 Å². The zero-order valence-electron chi connectivity index (χ0n) is 15.2. The van der Waals surface area contributed by atoms with Gasteiger partial charge in [-0.3, -0.25) is 0 Å². The first-order valence-corrected chi connectivity index (χ1v) is 8.39. The molecular weight excluding hydrogens is 248 g/mol. The molecule has 2 rings (SSSR count). The van der Waals surface area contributed by atoms with Gasteiger partial charge in [-0.1, -0.05) is 27.7 Å². The van der Waals surface area contributed by atoms with Crippen LogP contribution in [0.25, 0.3) is 0 Å². The lowest BCUT2D eigenvalue weighted by molar-refractivity contribution is 0.181.